The highest BCUT2D eigenvalue weighted by atomic mass is 19.1. The zero-order valence-electron chi connectivity index (χ0n) is 25.2. The maximum absolute atomic E-state index is 16.1. The van der Waals surface area contributed by atoms with Crippen molar-refractivity contribution in [3.05, 3.63) is 82.6 Å². The number of hydrogen-bond donors (Lipinski definition) is 1. The highest BCUT2D eigenvalue weighted by Crippen LogP contribution is 2.36. The first kappa shape index (κ1) is 30.5. The Morgan fingerprint density at radius 1 is 1.14 bits per heavy atom. The second kappa shape index (κ2) is 11.9. The molecule has 4 heterocycles. The molecule has 1 saturated heterocycles. The van der Waals surface area contributed by atoms with Crippen LogP contribution in [0.15, 0.2) is 54.0 Å². The number of piperazine rings is 1. The van der Waals surface area contributed by atoms with Gasteiger partial charge in [-0.15, -0.1) is 0 Å². The molecule has 10 nitrogen and oxygen atoms in total. The van der Waals surface area contributed by atoms with Crippen molar-refractivity contribution < 1.29 is 18.4 Å². The van der Waals surface area contributed by atoms with Gasteiger partial charge in [-0.05, 0) is 55.7 Å². The third kappa shape index (κ3) is 5.43. The van der Waals surface area contributed by atoms with Gasteiger partial charge in [0.1, 0.15) is 17.3 Å². The summed E-state index contributed by atoms with van der Waals surface area (Å²) in [6.07, 6.45) is 2.89. The molecule has 1 atom stereocenters. The van der Waals surface area contributed by atoms with Crippen LogP contribution >= 0.6 is 0 Å². The number of rotatable bonds is 6. The Morgan fingerprint density at radius 2 is 1.89 bits per heavy atom. The maximum atomic E-state index is 16.1. The number of carbonyl (C=O) groups excluding carboxylic acids is 2. The molecule has 1 aromatic carbocycles. The van der Waals surface area contributed by atoms with Gasteiger partial charge in [-0.1, -0.05) is 26.5 Å². The Bertz CT molecular complexity index is 1870. The molecule has 12 heteroatoms. The van der Waals surface area contributed by atoms with Crippen molar-refractivity contribution in [2.24, 2.45) is 0 Å². The van der Waals surface area contributed by atoms with Crippen LogP contribution in [0.1, 0.15) is 44.9 Å². The second-order valence-electron chi connectivity index (χ2n) is 11.1. The molecule has 2 amide bonds. The van der Waals surface area contributed by atoms with Crippen LogP contribution < -0.4 is 15.9 Å². The standard InChI is InChI=1S/C32H33F2N7O3/c1-7-25(43)39-13-14-40(19(5)16-39)30-21-15-23(34)28(26-22(33)9-8-10-24(26)36-20(6)42)37-31(21)41(32(44)38-30)29-18(4)11-12-35-27(29)17(2)3/h7-12,15,17,19H,1,13-14,16H2,2-6H3,(H,36,42)/t19-/m0/s1. The Labute approximate surface area is 253 Å². The van der Waals surface area contributed by atoms with Gasteiger partial charge in [0.2, 0.25) is 11.8 Å². The number of fused-ring (bicyclic) bond motifs is 1. The van der Waals surface area contributed by atoms with E-state index in [2.05, 4.69) is 26.8 Å². The van der Waals surface area contributed by atoms with Crippen molar-refractivity contribution in [1.29, 1.82) is 0 Å². The van der Waals surface area contributed by atoms with Crippen molar-refractivity contribution in [3.63, 3.8) is 0 Å². The molecule has 1 aliphatic rings. The first-order valence-corrected chi connectivity index (χ1v) is 14.3. The lowest BCUT2D eigenvalue weighted by Gasteiger charge is -2.40. The van der Waals surface area contributed by atoms with E-state index >= 15 is 8.78 Å². The SMILES string of the molecule is C=CC(=O)N1CCN(c2nc(=O)n(-c3c(C)ccnc3C(C)C)c3nc(-c4c(F)cccc4NC(C)=O)c(F)cc23)[C@@H](C)C1. The average Bonchev–Trinajstić information content (AvgIpc) is 2.97. The highest BCUT2D eigenvalue weighted by molar-refractivity contribution is 5.96. The number of benzene rings is 1. The number of carbonyl (C=O) groups is 2. The summed E-state index contributed by atoms with van der Waals surface area (Å²) in [6, 6.07) is 6.64. The van der Waals surface area contributed by atoms with E-state index in [0.29, 0.717) is 36.6 Å². The lowest BCUT2D eigenvalue weighted by molar-refractivity contribution is -0.126. The van der Waals surface area contributed by atoms with Gasteiger partial charge >= 0.3 is 5.69 Å². The van der Waals surface area contributed by atoms with Gasteiger partial charge in [0, 0.05) is 38.8 Å². The number of nitrogens with zero attached hydrogens (tertiary/aromatic N) is 6. The molecule has 3 aromatic heterocycles. The molecule has 44 heavy (non-hydrogen) atoms. The fraction of sp³-hybridized carbons (Fsp3) is 0.312. The number of aromatic nitrogens is 4. The predicted octanol–water partition coefficient (Wildman–Crippen LogP) is 4.73. The van der Waals surface area contributed by atoms with Crippen LogP contribution in [0, 0.1) is 18.6 Å². The minimum absolute atomic E-state index is 0.0310. The van der Waals surface area contributed by atoms with Gasteiger partial charge in [-0.3, -0.25) is 14.6 Å². The first-order valence-electron chi connectivity index (χ1n) is 14.3. The van der Waals surface area contributed by atoms with Gasteiger partial charge in [-0.2, -0.15) is 4.98 Å². The summed E-state index contributed by atoms with van der Waals surface area (Å²) < 4.78 is 32.8. The molecule has 0 spiro atoms. The quantitative estimate of drug-likeness (QED) is 0.318. The molecule has 4 aromatic rings. The number of hydrogen-bond acceptors (Lipinski definition) is 7. The molecule has 1 fully saturated rings. The Hall–Kier alpha value is -5.00. The van der Waals surface area contributed by atoms with Gasteiger partial charge in [0.05, 0.1) is 28.0 Å². The second-order valence-corrected chi connectivity index (χ2v) is 11.1. The first-order chi connectivity index (χ1) is 20.9. The lowest BCUT2D eigenvalue weighted by atomic mass is 10.0. The van der Waals surface area contributed by atoms with E-state index in [-0.39, 0.29) is 51.7 Å². The zero-order chi connectivity index (χ0) is 31.9. The number of halogens is 2. The fourth-order valence-corrected chi connectivity index (χ4v) is 5.65. The Morgan fingerprint density at radius 3 is 2.55 bits per heavy atom. The van der Waals surface area contributed by atoms with E-state index in [0.717, 1.165) is 6.07 Å². The van der Waals surface area contributed by atoms with Crippen LogP contribution in [-0.4, -0.2) is 61.9 Å². The van der Waals surface area contributed by atoms with Crippen molar-refractivity contribution in [2.75, 3.05) is 29.9 Å². The molecule has 0 unspecified atom stereocenters. The summed E-state index contributed by atoms with van der Waals surface area (Å²) in [6.45, 7) is 13.4. The summed E-state index contributed by atoms with van der Waals surface area (Å²) in [5.41, 5.74) is 0.527. The summed E-state index contributed by atoms with van der Waals surface area (Å²) in [5.74, 6) is -2.27. The molecule has 0 bridgehead atoms. The number of aryl methyl sites for hydroxylation is 1. The number of nitrogens with one attached hydrogen (secondary N) is 1. The summed E-state index contributed by atoms with van der Waals surface area (Å²) in [7, 11) is 0. The van der Waals surface area contributed by atoms with Crippen LogP contribution in [0.2, 0.25) is 0 Å². The monoisotopic (exact) mass is 601 g/mol. The minimum atomic E-state index is -0.873. The van der Waals surface area contributed by atoms with Crippen molar-refractivity contribution >= 4 is 34.4 Å². The third-order valence-electron chi connectivity index (χ3n) is 7.67. The van der Waals surface area contributed by atoms with E-state index in [1.807, 2.05) is 32.6 Å². The van der Waals surface area contributed by atoms with Crippen LogP contribution in [0.25, 0.3) is 28.0 Å². The van der Waals surface area contributed by atoms with Gasteiger partial charge in [-0.25, -0.2) is 23.1 Å². The van der Waals surface area contributed by atoms with Crippen LogP contribution in [0.3, 0.4) is 0 Å². The molecule has 1 aliphatic heterocycles. The summed E-state index contributed by atoms with van der Waals surface area (Å²) in [5, 5.41) is 2.76. The largest absolute Gasteiger partial charge is 0.355 e. The highest BCUT2D eigenvalue weighted by Gasteiger charge is 2.31. The lowest BCUT2D eigenvalue weighted by Crippen LogP contribution is -2.54. The molecular formula is C32H33F2N7O3. The topological polar surface area (TPSA) is 113 Å². The molecule has 5 rings (SSSR count). The molecular weight excluding hydrogens is 568 g/mol. The average molecular weight is 602 g/mol. The fourth-order valence-electron chi connectivity index (χ4n) is 5.65. The minimum Gasteiger partial charge on any atom is -0.350 e. The van der Waals surface area contributed by atoms with Gasteiger partial charge in [0.25, 0.3) is 0 Å². The Kier molecular flexibility index (Phi) is 8.27. The normalized spacial score (nSPS) is 15.1. The van der Waals surface area contributed by atoms with Gasteiger partial charge in [0.15, 0.2) is 11.5 Å². The van der Waals surface area contributed by atoms with Gasteiger partial charge < -0.3 is 15.1 Å². The van der Waals surface area contributed by atoms with E-state index in [9.17, 15) is 14.4 Å². The van der Waals surface area contributed by atoms with E-state index in [1.165, 1.54) is 35.8 Å². The molecule has 0 saturated carbocycles. The number of amides is 2. The van der Waals surface area contributed by atoms with Crippen molar-refractivity contribution in [3.8, 4) is 16.9 Å². The van der Waals surface area contributed by atoms with Crippen molar-refractivity contribution in [2.45, 2.75) is 46.6 Å². The molecule has 228 valence electrons. The van der Waals surface area contributed by atoms with E-state index in [4.69, 9.17) is 0 Å². The van der Waals surface area contributed by atoms with Crippen molar-refractivity contribution in [1.82, 2.24) is 24.4 Å². The van der Waals surface area contributed by atoms with Crippen LogP contribution in [0.4, 0.5) is 20.3 Å². The molecule has 1 N–H and O–H groups in total. The number of anilines is 2. The third-order valence-corrected chi connectivity index (χ3v) is 7.67. The zero-order valence-corrected chi connectivity index (χ0v) is 25.2. The number of pyridine rings is 2. The van der Waals surface area contributed by atoms with E-state index in [1.54, 1.807) is 17.2 Å². The maximum Gasteiger partial charge on any atom is 0.355 e. The summed E-state index contributed by atoms with van der Waals surface area (Å²) >= 11 is 0. The van der Waals surface area contributed by atoms with Crippen LogP contribution in [-0.2, 0) is 9.59 Å². The molecule has 0 radical (unpaired) electrons. The summed E-state index contributed by atoms with van der Waals surface area (Å²) in [4.78, 5) is 55.3. The predicted molar refractivity (Wildman–Crippen MR) is 165 cm³/mol. The Balaban J connectivity index is 1.84. The van der Waals surface area contributed by atoms with E-state index < -0.39 is 23.2 Å². The van der Waals surface area contributed by atoms with Crippen LogP contribution in [0.5, 0.6) is 0 Å². The smallest absolute Gasteiger partial charge is 0.350 e. The molecule has 0 aliphatic carbocycles.